The van der Waals surface area contributed by atoms with Gasteiger partial charge in [0, 0.05) is 39.6 Å². The molecule has 8 heteroatoms. The average molecular weight is 315 g/mol. The van der Waals surface area contributed by atoms with Gasteiger partial charge in [0.2, 0.25) is 0 Å². The summed E-state index contributed by atoms with van der Waals surface area (Å²) in [5.74, 6) is -0.434. The summed E-state index contributed by atoms with van der Waals surface area (Å²) < 4.78 is 31.4. The maximum absolute atomic E-state index is 12.2. The molecule has 0 radical (unpaired) electrons. The van der Waals surface area contributed by atoms with E-state index in [0.717, 1.165) is 9.87 Å². The Morgan fingerprint density at radius 3 is 2.33 bits per heavy atom. The Balaban J connectivity index is 2.54. The van der Waals surface area contributed by atoms with Crippen LogP contribution < -0.4 is 0 Å². The molecule has 0 unspecified atom stereocenters. The van der Waals surface area contributed by atoms with Gasteiger partial charge < -0.3 is 4.74 Å². The Bertz CT molecular complexity index is 548. The van der Waals surface area contributed by atoms with Crippen LogP contribution in [0.15, 0.2) is 24.5 Å². The third-order valence-corrected chi connectivity index (χ3v) is 5.05. The minimum atomic E-state index is -3.57. The third-order valence-electron chi connectivity index (χ3n) is 3.11. The molecule has 0 aliphatic heterocycles. The summed E-state index contributed by atoms with van der Waals surface area (Å²) in [6, 6.07) is 3.70. The second-order valence-corrected chi connectivity index (χ2v) is 6.72. The summed E-state index contributed by atoms with van der Waals surface area (Å²) in [6.45, 7) is 0.448. The maximum Gasteiger partial charge on any atom is 0.306 e. The molecule has 0 saturated heterocycles. The van der Waals surface area contributed by atoms with Crippen molar-refractivity contribution in [1.29, 1.82) is 0 Å². The highest BCUT2D eigenvalue weighted by molar-refractivity contribution is 7.86. The summed E-state index contributed by atoms with van der Waals surface area (Å²) in [5.41, 5.74) is 1.02. The number of ether oxygens (including phenoxy) is 1. The first kappa shape index (κ1) is 17.5. The molecule has 1 aromatic heterocycles. The number of nitrogens with zero attached hydrogens (tertiary/aromatic N) is 3. The standard InChI is InChI=1S/C13H21N3O4S/c1-15(10-6-12-4-8-14-9-5-12)21(18,19)16(2)11-7-13(17)20-3/h4-5,8-9H,6-7,10-11H2,1-3H3. The Morgan fingerprint density at radius 2 is 1.76 bits per heavy atom. The van der Waals surface area contributed by atoms with E-state index in [-0.39, 0.29) is 13.0 Å². The van der Waals surface area contributed by atoms with E-state index >= 15 is 0 Å². The Morgan fingerprint density at radius 1 is 1.19 bits per heavy atom. The van der Waals surface area contributed by atoms with E-state index in [1.54, 1.807) is 12.4 Å². The zero-order chi connectivity index (χ0) is 15.9. The van der Waals surface area contributed by atoms with Gasteiger partial charge in [0.05, 0.1) is 13.5 Å². The van der Waals surface area contributed by atoms with Crippen molar-refractivity contribution < 1.29 is 17.9 Å². The molecule has 0 bridgehead atoms. The number of hydrogen-bond donors (Lipinski definition) is 0. The fourth-order valence-corrected chi connectivity index (χ4v) is 2.78. The van der Waals surface area contributed by atoms with E-state index in [1.165, 1.54) is 25.5 Å². The van der Waals surface area contributed by atoms with Gasteiger partial charge in [-0.3, -0.25) is 9.78 Å². The lowest BCUT2D eigenvalue weighted by atomic mass is 10.2. The first-order chi connectivity index (χ1) is 9.87. The predicted molar refractivity (Wildman–Crippen MR) is 78.8 cm³/mol. The quantitative estimate of drug-likeness (QED) is 0.644. The van der Waals surface area contributed by atoms with E-state index in [9.17, 15) is 13.2 Å². The molecule has 0 fully saturated rings. The molecule has 1 aromatic rings. The van der Waals surface area contributed by atoms with Crippen LogP contribution >= 0.6 is 0 Å². The van der Waals surface area contributed by atoms with Crippen molar-refractivity contribution >= 4 is 16.2 Å². The van der Waals surface area contributed by atoms with Gasteiger partial charge in [-0.15, -0.1) is 0 Å². The zero-order valence-electron chi connectivity index (χ0n) is 12.5. The van der Waals surface area contributed by atoms with Crippen LogP contribution in [0.5, 0.6) is 0 Å². The molecule has 1 rings (SSSR count). The molecule has 7 nitrogen and oxygen atoms in total. The lowest BCUT2D eigenvalue weighted by Crippen LogP contribution is -2.41. The highest BCUT2D eigenvalue weighted by atomic mass is 32.2. The van der Waals surface area contributed by atoms with Crippen LogP contribution in [-0.2, 0) is 26.2 Å². The lowest BCUT2D eigenvalue weighted by Gasteiger charge is -2.24. The number of aromatic nitrogens is 1. The first-order valence-electron chi connectivity index (χ1n) is 6.51. The fraction of sp³-hybridized carbons (Fsp3) is 0.538. The number of esters is 1. The minimum absolute atomic E-state index is 0.0322. The van der Waals surface area contributed by atoms with Gasteiger partial charge in [-0.2, -0.15) is 17.0 Å². The summed E-state index contributed by atoms with van der Waals surface area (Å²) >= 11 is 0. The van der Waals surface area contributed by atoms with Crippen LogP contribution in [0.4, 0.5) is 0 Å². The van der Waals surface area contributed by atoms with E-state index in [4.69, 9.17) is 0 Å². The van der Waals surface area contributed by atoms with Crippen LogP contribution in [-0.4, -0.2) is 62.3 Å². The van der Waals surface area contributed by atoms with Gasteiger partial charge >= 0.3 is 5.97 Å². The van der Waals surface area contributed by atoms with Gasteiger partial charge in [0.1, 0.15) is 0 Å². The van der Waals surface area contributed by atoms with Crippen LogP contribution in [0.1, 0.15) is 12.0 Å². The summed E-state index contributed by atoms with van der Waals surface area (Å²) in [5, 5.41) is 0. The van der Waals surface area contributed by atoms with Crippen molar-refractivity contribution in [2.45, 2.75) is 12.8 Å². The molecule has 0 aliphatic rings. The molecule has 0 spiro atoms. The maximum atomic E-state index is 12.2. The molecule has 0 amide bonds. The lowest BCUT2D eigenvalue weighted by molar-refractivity contribution is -0.140. The van der Waals surface area contributed by atoms with E-state index < -0.39 is 16.2 Å². The second kappa shape index (κ2) is 8.06. The molecule has 0 N–H and O–H groups in total. The fourth-order valence-electron chi connectivity index (χ4n) is 1.66. The molecule has 0 aliphatic carbocycles. The van der Waals surface area contributed by atoms with Crippen molar-refractivity contribution in [1.82, 2.24) is 13.6 Å². The van der Waals surface area contributed by atoms with Gasteiger partial charge in [-0.25, -0.2) is 0 Å². The molecule has 21 heavy (non-hydrogen) atoms. The first-order valence-corrected chi connectivity index (χ1v) is 7.91. The number of likely N-dealkylation sites (N-methyl/N-ethyl adjacent to an activating group) is 1. The van der Waals surface area contributed by atoms with Crippen molar-refractivity contribution in [2.24, 2.45) is 0 Å². The molecule has 1 heterocycles. The Labute approximate surface area is 125 Å². The minimum Gasteiger partial charge on any atom is -0.469 e. The number of carbonyl (C=O) groups excluding carboxylic acids is 1. The van der Waals surface area contributed by atoms with Crippen molar-refractivity contribution in [3.8, 4) is 0 Å². The smallest absolute Gasteiger partial charge is 0.306 e. The van der Waals surface area contributed by atoms with E-state index in [2.05, 4.69) is 9.72 Å². The summed E-state index contributed by atoms with van der Waals surface area (Å²) in [4.78, 5) is 15.0. The van der Waals surface area contributed by atoms with Gasteiger partial charge in [0.15, 0.2) is 0 Å². The topological polar surface area (TPSA) is 79.8 Å². The molecule has 118 valence electrons. The van der Waals surface area contributed by atoms with Crippen molar-refractivity contribution in [2.75, 3.05) is 34.3 Å². The highest BCUT2D eigenvalue weighted by Gasteiger charge is 2.23. The Kier molecular flexibility index (Phi) is 6.73. The van der Waals surface area contributed by atoms with E-state index in [0.29, 0.717) is 13.0 Å². The molecular formula is C13H21N3O4S. The normalized spacial score (nSPS) is 11.9. The van der Waals surface area contributed by atoms with Crippen LogP contribution in [0, 0.1) is 0 Å². The predicted octanol–water partition coefficient (Wildman–Crippen LogP) is 0.296. The second-order valence-electron chi connectivity index (χ2n) is 4.58. The van der Waals surface area contributed by atoms with Gasteiger partial charge in [0.25, 0.3) is 10.2 Å². The zero-order valence-corrected chi connectivity index (χ0v) is 13.3. The van der Waals surface area contributed by atoms with Crippen molar-refractivity contribution in [3.05, 3.63) is 30.1 Å². The van der Waals surface area contributed by atoms with Crippen LogP contribution in [0.25, 0.3) is 0 Å². The number of rotatable bonds is 8. The molecule has 0 aromatic carbocycles. The van der Waals surface area contributed by atoms with Crippen LogP contribution in [0.2, 0.25) is 0 Å². The number of methoxy groups -OCH3 is 1. The third kappa shape index (κ3) is 5.41. The van der Waals surface area contributed by atoms with E-state index in [1.807, 2.05) is 12.1 Å². The highest BCUT2D eigenvalue weighted by Crippen LogP contribution is 2.07. The number of carbonyl (C=O) groups is 1. The monoisotopic (exact) mass is 315 g/mol. The summed E-state index contributed by atoms with van der Waals surface area (Å²) in [6.07, 6.45) is 3.98. The number of hydrogen-bond acceptors (Lipinski definition) is 5. The average Bonchev–Trinajstić information content (AvgIpc) is 2.50. The molecular weight excluding hydrogens is 294 g/mol. The van der Waals surface area contributed by atoms with Gasteiger partial charge in [-0.05, 0) is 24.1 Å². The largest absolute Gasteiger partial charge is 0.469 e. The molecule has 0 atom stereocenters. The van der Waals surface area contributed by atoms with Crippen molar-refractivity contribution in [3.63, 3.8) is 0 Å². The number of pyridine rings is 1. The SMILES string of the molecule is COC(=O)CCN(C)S(=O)(=O)N(C)CCc1ccncc1. The molecule has 0 saturated carbocycles. The summed E-state index contributed by atoms with van der Waals surface area (Å²) in [7, 11) is 0.670. The van der Waals surface area contributed by atoms with Gasteiger partial charge in [-0.1, -0.05) is 0 Å². The Hall–Kier alpha value is -1.51. The van der Waals surface area contributed by atoms with Crippen LogP contribution in [0.3, 0.4) is 0 Å².